The summed E-state index contributed by atoms with van der Waals surface area (Å²) in [7, 11) is 0. The molecule has 0 aromatic carbocycles. The molecule has 51 valence electrons. The van der Waals surface area contributed by atoms with Gasteiger partial charge in [0.05, 0.1) is 6.54 Å². The minimum Gasteiger partial charge on any atom is -0.288 e. The van der Waals surface area contributed by atoms with Crippen molar-refractivity contribution in [2.45, 2.75) is 12.8 Å². The van der Waals surface area contributed by atoms with E-state index in [1.165, 1.54) is 24.0 Å². The first kappa shape index (κ1) is 5.78. The lowest BCUT2D eigenvalue weighted by Gasteiger charge is -2.15. The molecule has 1 aliphatic carbocycles. The molecule has 0 spiro atoms. The van der Waals surface area contributed by atoms with E-state index in [9.17, 15) is 0 Å². The fraction of sp³-hybridized carbons (Fsp3) is 0.333. The molecule has 0 atom stereocenters. The van der Waals surface area contributed by atoms with E-state index in [1.54, 1.807) is 0 Å². The molecule has 0 fully saturated rings. The van der Waals surface area contributed by atoms with Crippen LogP contribution in [0.25, 0.3) is 0 Å². The highest BCUT2D eigenvalue weighted by Crippen LogP contribution is 2.23. The van der Waals surface area contributed by atoms with Crippen molar-refractivity contribution in [1.82, 2.24) is 5.32 Å². The Balaban J connectivity index is 2.33. The second kappa shape index (κ2) is 2.33. The van der Waals surface area contributed by atoms with E-state index in [2.05, 4.69) is 23.5 Å². The van der Waals surface area contributed by atoms with Crippen LogP contribution in [0.2, 0.25) is 0 Å². The van der Waals surface area contributed by atoms with Crippen molar-refractivity contribution in [2.75, 3.05) is 6.54 Å². The Labute approximate surface area is 61.1 Å². The van der Waals surface area contributed by atoms with Gasteiger partial charge in [-0.15, -0.1) is 0 Å². The minimum absolute atomic E-state index is 0.882. The summed E-state index contributed by atoms with van der Waals surface area (Å²) < 4.78 is 0. The molecule has 0 N–H and O–H groups in total. The largest absolute Gasteiger partial charge is 0.288 e. The first-order valence-corrected chi connectivity index (χ1v) is 3.69. The summed E-state index contributed by atoms with van der Waals surface area (Å²) in [6.45, 7) is 0.882. The molecule has 0 saturated heterocycles. The van der Waals surface area contributed by atoms with Crippen molar-refractivity contribution in [3.05, 3.63) is 35.6 Å². The summed E-state index contributed by atoms with van der Waals surface area (Å²) in [5.41, 5.74) is 2.80. The molecule has 0 bridgehead atoms. The molecular formula is C9H10N. The zero-order valence-electron chi connectivity index (χ0n) is 5.88. The van der Waals surface area contributed by atoms with E-state index in [0.717, 1.165) is 6.54 Å². The highest BCUT2D eigenvalue weighted by molar-refractivity contribution is 5.43. The molecule has 0 unspecified atom stereocenters. The van der Waals surface area contributed by atoms with Crippen LogP contribution in [0.1, 0.15) is 12.8 Å². The van der Waals surface area contributed by atoms with E-state index >= 15 is 0 Å². The van der Waals surface area contributed by atoms with Crippen LogP contribution in [0.5, 0.6) is 0 Å². The summed E-state index contributed by atoms with van der Waals surface area (Å²) >= 11 is 0. The number of allylic oxidation sites excluding steroid dienone is 4. The predicted octanol–water partition coefficient (Wildman–Crippen LogP) is 1.76. The number of fused-ring (bicyclic) bond motifs is 1. The Morgan fingerprint density at radius 1 is 1.40 bits per heavy atom. The first-order valence-electron chi connectivity index (χ1n) is 3.69. The van der Waals surface area contributed by atoms with Crippen molar-refractivity contribution in [3.8, 4) is 0 Å². The molecule has 1 heteroatoms. The maximum absolute atomic E-state index is 4.17. The fourth-order valence-corrected chi connectivity index (χ4v) is 1.36. The van der Waals surface area contributed by atoms with Crippen molar-refractivity contribution in [3.63, 3.8) is 0 Å². The van der Waals surface area contributed by atoms with Crippen LogP contribution in [0, 0.1) is 0 Å². The van der Waals surface area contributed by atoms with Gasteiger partial charge in [0.2, 0.25) is 0 Å². The van der Waals surface area contributed by atoms with Crippen LogP contribution < -0.4 is 5.32 Å². The van der Waals surface area contributed by atoms with Gasteiger partial charge >= 0.3 is 0 Å². The summed E-state index contributed by atoms with van der Waals surface area (Å²) in [6, 6.07) is 0. The molecule has 0 aromatic heterocycles. The normalized spacial score (nSPS) is 22.4. The van der Waals surface area contributed by atoms with Crippen LogP contribution in [0.4, 0.5) is 0 Å². The standard InChI is InChI=1S/C9H10N/c1-2-4-9-7-10-6-5-8(9)3-1/h2,4-5,7H,1,3,6H2. The van der Waals surface area contributed by atoms with E-state index in [0.29, 0.717) is 0 Å². The van der Waals surface area contributed by atoms with Gasteiger partial charge in [-0.3, -0.25) is 5.32 Å². The van der Waals surface area contributed by atoms with Crippen LogP contribution >= 0.6 is 0 Å². The lowest BCUT2D eigenvalue weighted by molar-refractivity contribution is 0.872. The van der Waals surface area contributed by atoms with Gasteiger partial charge in [-0.2, -0.15) is 0 Å². The molecule has 10 heavy (non-hydrogen) atoms. The third-order valence-electron chi connectivity index (χ3n) is 1.92. The molecule has 1 nitrogen and oxygen atoms in total. The van der Waals surface area contributed by atoms with Gasteiger partial charge in [-0.05, 0) is 24.0 Å². The van der Waals surface area contributed by atoms with E-state index in [-0.39, 0.29) is 0 Å². The minimum atomic E-state index is 0.882. The number of rotatable bonds is 0. The monoisotopic (exact) mass is 132 g/mol. The molecule has 0 saturated carbocycles. The molecule has 1 radical (unpaired) electrons. The van der Waals surface area contributed by atoms with Crippen LogP contribution in [0.15, 0.2) is 35.6 Å². The van der Waals surface area contributed by atoms with Gasteiger partial charge in [0.1, 0.15) is 0 Å². The van der Waals surface area contributed by atoms with Crippen LogP contribution in [-0.2, 0) is 0 Å². The van der Waals surface area contributed by atoms with Gasteiger partial charge in [0.15, 0.2) is 0 Å². The Hall–Kier alpha value is -0.980. The van der Waals surface area contributed by atoms with E-state index < -0.39 is 0 Å². The molecule has 1 aliphatic heterocycles. The molecular weight excluding hydrogens is 122 g/mol. The molecule has 0 aromatic rings. The lowest BCUT2D eigenvalue weighted by atomic mass is 9.94. The summed E-state index contributed by atoms with van der Waals surface area (Å²) in [5.74, 6) is 0. The van der Waals surface area contributed by atoms with E-state index in [4.69, 9.17) is 0 Å². The van der Waals surface area contributed by atoms with Crippen molar-refractivity contribution >= 4 is 0 Å². The lowest BCUT2D eigenvalue weighted by Crippen LogP contribution is -2.07. The molecule has 2 aliphatic rings. The average Bonchev–Trinajstić information content (AvgIpc) is 2.05. The predicted molar refractivity (Wildman–Crippen MR) is 41.5 cm³/mol. The zero-order chi connectivity index (χ0) is 6.81. The number of nitrogens with zero attached hydrogens (tertiary/aromatic N) is 1. The number of hydrogen-bond acceptors (Lipinski definition) is 0. The van der Waals surface area contributed by atoms with E-state index in [1.807, 2.05) is 6.20 Å². The van der Waals surface area contributed by atoms with Crippen molar-refractivity contribution in [2.24, 2.45) is 0 Å². The van der Waals surface area contributed by atoms with Gasteiger partial charge in [-0.1, -0.05) is 18.2 Å². The Morgan fingerprint density at radius 3 is 3.30 bits per heavy atom. The Bertz CT molecular complexity index is 221. The third kappa shape index (κ3) is 0.878. The summed E-state index contributed by atoms with van der Waals surface area (Å²) in [5, 5.41) is 4.17. The van der Waals surface area contributed by atoms with Gasteiger partial charge in [-0.25, -0.2) is 0 Å². The van der Waals surface area contributed by atoms with Crippen LogP contribution in [0.3, 0.4) is 0 Å². The Kier molecular flexibility index (Phi) is 1.35. The summed E-state index contributed by atoms with van der Waals surface area (Å²) in [6.07, 6.45) is 11.0. The third-order valence-corrected chi connectivity index (χ3v) is 1.92. The average molecular weight is 132 g/mol. The highest BCUT2D eigenvalue weighted by Gasteiger charge is 2.08. The van der Waals surface area contributed by atoms with Gasteiger partial charge in [0.25, 0.3) is 0 Å². The Morgan fingerprint density at radius 2 is 2.40 bits per heavy atom. The maximum atomic E-state index is 4.17. The smallest absolute Gasteiger partial charge is 0.0576 e. The van der Waals surface area contributed by atoms with Crippen LogP contribution in [-0.4, -0.2) is 6.54 Å². The quantitative estimate of drug-likeness (QED) is 0.477. The second-order valence-electron chi connectivity index (χ2n) is 2.62. The van der Waals surface area contributed by atoms with Gasteiger partial charge < -0.3 is 0 Å². The van der Waals surface area contributed by atoms with Crippen molar-refractivity contribution in [1.29, 1.82) is 0 Å². The molecule has 0 amide bonds. The topological polar surface area (TPSA) is 14.1 Å². The maximum Gasteiger partial charge on any atom is 0.0576 e. The zero-order valence-corrected chi connectivity index (χ0v) is 5.88. The molecule has 1 heterocycles. The number of hydrogen-bond donors (Lipinski definition) is 0. The fourth-order valence-electron chi connectivity index (χ4n) is 1.36. The summed E-state index contributed by atoms with van der Waals surface area (Å²) in [4.78, 5) is 0. The second-order valence-corrected chi connectivity index (χ2v) is 2.62. The first-order chi connectivity index (χ1) is 4.97. The van der Waals surface area contributed by atoms with Gasteiger partial charge in [0, 0.05) is 6.20 Å². The highest BCUT2D eigenvalue weighted by atomic mass is 14.8. The SMILES string of the molecule is C1=CC2=C[N]CC=C2CC1. The molecule has 2 rings (SSSR count). The van der Waals surface area contributed by atoms with Crippen molar-refractivity contribution < 1.29 is 0 Å².